The predicted octanol–water partition coefficient (Wildman–Crippen LogP) is 2.99. The number of rotatable bonds is 5. The van der Waals surface area contributed by atoms with Crippen molar-refractivity contribution in [3.05, 3.63) is 43.6 Å². The van der Waals surface area contributed by atoms with Gasteiger partial charge in [-0.1, -0.05) is 12.1 Å². The number of anilines is 1. The maximum absolute atomic E-state index is 11.7. The minimum Gasteiger partial charge on any atom is -0.497 e. The Hall–Kier alpha value is -1.95. The molecule has 2 rings (SSSR count). The molecule has 2 N–H and O–H groups in total. The molecule has 2 amide bonds. The number of carbonyl (C=O) groups is 1. The second kappa shape index (κ2) is 7.35. The molecule has 10 heteroatoms. The standard InChI is InChI=1S/C12H11IN4O4S/c1-21-8-4-2-7(3-5-8)6-14-11(18)16-12-15-9(13)10(22-12)17(19)20/h2-5H,6H2,1H3,(H2,14,15,16,18). The molecule has 0 fully saturated rings. The van der Waals surface area contributed by atoms with Crippen LogP contribution in [0.3, 0.4) is 0 Å². The van der Waals surface area contributed by atoms with Crippen LogP contribution in [0.4, 0.5) is 14.9 Å². The monoisotopic (exact) mass is 434 g/mol. The topological polar surface area (TPSA) is 106 Å². The van der Waals surface area contributed by atoms with Crippen LogP contribution < -0.4 is 15.4 Å². The van der Waals surface area contributed by atoms with Gasteiger partial charge in [-0.25, -0.2) is 9.78 Å². The van der Waals surface area contributed by atoms with E-state index in [0.29, 0.717) is 6.54 Å². The lowest BCUT2D eigenvalue weighted by Crippen LogP contribution is -2.28. The van der Waals surface area contributed by atoms with E-state index in [1.165, 1.54) is 0 Å². The Kier molecular flexibility index (Phi) is 5.49. The van der Waals surface area contributed by atoms with Gasteiger partial charge in [-0.05, 0) is 51.6 Å². The summed E-state index contributed by atoms with van der Waals surface area (Å²) in [4.78, 5) is 25.9. The SMILES string of the molecule is COc1ccc(CNC(=O)Nc2nc(I)c([N+](=O)[O-])s2)cc1. The van der Waals surface area contributed by atoms with E-state index >= 15 is 0 Å². The fourth-order valence-corrected chi connectivity index (χ4v) is 3.13. The zero-order chi connectivity index (χ0) is 16.1. The zero-order valence-electron chi connectivity index (χ0n) is 11.3. The largest absolute Gasteiger partial charge is 0.497 e. The van der Waals surface area contributed by atoms with Crippen LogP contribution in [0, 0.1) is 13.8 Å². The first-order valence-corrected chi connectivity index (χ1v) is 7.87. The highest BCUT2D eigenvalue weighted by atomic mass is 127. The van der Waals surface area contributed by atoms with Crippen LogP contribution in [0.15, 0.2) is 24.3 Å². The summed E-state index contributed by atoms with van der Waals surface area (Å²) in [6.45, 7) is 0.320. The summed E-state index contributed by atoms with van der Waals surface area (Å²) in [5.74, 6) is 0.734. The van der Waals surface area contributed by atoms with Crippen molar-refractivity contribution in [1.82, 2.24) is 10.3 Å². The summed E-state index contributed by atoms with van der Waals surface area (Å²) in [5, 5.41) is 15.9. The summed E-state index contributed by atoms with van der Waals surface area (Å²) < 4.78 is 5.29. The van der Waals surface area contributed by atoms with E-state index in [1.807, 2.05) is 12.1 Å². The van der Waals surface area contributed by atoms with Gasteiger partial charge in [-0.2, -0.15) is 0 Å². The van der Waals surface area contributed by atoms with Crippen molar-refractivity contribution in [2.45, 2.75) is 6.54 Å². The number of halogens is 1. The fourth-order valence-electron chi connectivity index (χ4n) is 1.53. The molecule has 0 aliphatic rings. The fraction of sp³-hybridized carbons (Fsp3) is 0.167. The van der Waals surface area contributed by atoms with Gasteiger partial charge in [0.1, 0.15) is 5.75 Å². The number of methoxy groups -OCH3 is 1. The Morgan fingerprint density at radius 2 is 2.14 bits per heavy atom. The quantitative estimate of drug-likeness (QED) is 0.428. The molecule has 116 valence electrons. The summed E-state index contributed by atoms with van der Waals surface area (Å²) >= 11 is 2.57. The zero-order valence-corrected chi connectivity index (χ0v) is 14.3. The number of urea groups is 1. The molecule has 2 aromatic rings. The van der Waals surface area contributed by atoms with Gasteiger partial charge in [0, 0.05) is 6.54 Å². The number of benzene rings is 1. The van der Waals surface area contributed by atoms with Crippen molar-refractivity contribution >= 4 is 50.1 Å². The van der Waals surface area contributed by atoms with Gasteiger partial charge in [0.15, 0.2) is 8.83 Å². The second-order valence-corrected chi connectivity index (χ2v) is 6.03. The molecule has 0 unspecified atom stereocenters. The Morgan fingerprint density at radius 1 is 1.45 bits per heavy atom. The Labute approximate surface area is 143 Å². The highest BCUT2D eigenvalue weighted by Gasteiger charge is 2.19. The molecule has 1 aromatic heterocycles. The average Bonchev–Trinajstić information content (AvgIpc) is 2.86. The van der Waals surface area contributed by atoms with Crippen LogP contribution in [-0.2, 0) is 6.54 Å². The third-order valence-electron chi connectivity index (χ3n) is 2.57. The number of hydrogen-bond acceptors (Lipinski definition) is 6. The van der Waals surface area contributed by atoms with Crippen LogP contribution in [0.1, 0.15) is 5.56 Å². The Bertz CT molecular complexity index is 689. The molecule has 0 aliphatic heterocycles. The number of carbonyl (C=O) groups excluding carboxylic acids is 1. The highest BCUT2D eigenvalue weighted by Crippen LogP contribution is 2.31. The summed E-state index contributed by atoms with van der Waals surface area (Å²) in [5.41, 5.74) is 0.899. The molecule has 1 heterocycles. The minimum absolute atomic E-state index is 0.0916. The maximum Gasteiger partial charge on any atom is 0.359 e. The first-order valence-electron chi connectivity index (χ1n) is 5.98. The van der Waals surface area contributed by atoms with Crippen LogP contribution in [-0.4, -0.2) is 23.0 Å². The minimum atomic E-state index is -0.528. The molecular formula is C12H11IN4O4S. The van der Waals surface area contributed by atoms with Crippen molar-refractivity contribution in [1.29, 1.82) is 0 Å². The number of ether oxygens (including phenoxy) is 1. The predicted molar refractivity (Wildman–Crippen MR) is 90.3 cm³/mol. The number of thiazole rings is 1. The summed E-state index contributed by atoms with van der Waals surface area (Å²) in [6, 6.07) is 6.77. The van der Waals surface area contributed by atoms with Gasteiger partial charge in [-0.15, -0.1) is 0 Å². The average molecular weight is 434 g/mol. The summed E-state index contributed by atoms with van der Waals surface area (Å²) in [6.07, 6.45) is 0. The van der Waals surface area contributed by atoms with Crippen molar-refractivity contribution in [2.75, 3.05) is 12.4 Å². The van der Waals surface area contributed by atoms with E-state index in [0.717, 1.165) is 22.6 Å². The van der Waals surface area contributed by atoms with E-state index < -0.39 is 11.0 Å². The lowest BCUT2D eigenvalue weighted by Gasteiger charge is -2.06. The Balaban J connectivity index is 1.89. The van der Waals surface area contributed by atoms with Gasteiger partial charge in [0.2, 0.25) is 0 Å². The molecule has 0 aliphatic carbocycles. The molecular weight excluding hydrogens is 423 g/mol. The molecule has 0 saturated carbocycles. The van der Waals surface area contributed by atoms with Crippen molar-refractivity contribution in [2.24, 2.45) is 0 Å². The Morgan fingerprint density at radius 3 is 2.68 bits per heavy atom. The molecule has 0 saturated heterocycles. The molecule has 22 heavy (non-hydrogen) atoms. The van der Waals surface area contributed by atoms with Crippen LogP contribution in [0.25, 0.3) is 0 Å². The van der Waals surface area contributed by atoms with Gasteiger partial charge in [0.25, 0.3) is 0 Å². The van der Waals surface area contributed by atoms with Gasteiger partial charge in [-0.3, -0.25) is 15.4 Å². The molecule has 0 atom stereocenters. The van der Waals surface area contributed by atoms with E-state index in [4.69, 9.17) is 4.74 Å². The second-order valence-electron chi connectivity index (χ2n) is 4.03. The normalized spacial score (nSPS) is 10.1. The van der Waals surface area contributed by atoms with E-state index in [2.05, 4.69) is 15.6 Å². The summed E-state index contributed by atoms with van der Waals surface area (Å²) in [7, 11) is 1.58. The van der Waals surface area contributed by atoms with E-state index in [9.17, 15) is 14.9 Å². The molecule has 0 bridgehead atoms. The van der Waals surface area contributed by atoms with Crippen molar-refractivity contribution in [3.63, 3.8) is 0 Å². The first kappa shape index (κ1) is 16.4. The third kappa shape index (κ3) is 4.27. The highest BCUT2D eigenvalue weighted by molar-refractivity contribution is 14.1. The number of nitro groups is 1. The van der Waals surface area contributed by atoms with Crippen molar-refractivity contribution < 1.29 is 14.5 Å². The maximum atomic E-state index is 11.7. The number of amides is 2. The lowest BCUT2D eigenvalue weighted by molar-refractivity contribution is -0.381. The van der Waals surface area contributed by atoms with Crippen LogP contribution in [0.5, 0.6) is 5.75 Å². The van der Waals surface area contributed by atoms with Gasteiger partial charge >= 0.3 is 11.0 Å². The van der Waals surface area contributed by atoms with Gasteiger partial charge < -0.3 is 10.1 Å². The van der Waals surface area contributed by atoms with E-state index in [-0.39, 0.29) is 13.8 Å². The number of hydrogen-bond donors (Lipinski definition) is 2. The van der Waals surface area contributed by atoms with Crippen molar-refractivity contribution in [3.8, 4) is 5.75 Å². The molecule has 0 radical (unpaired) electrons. The molecule has 1 aromatic carbocycles. The van der Waals surface area contributed by atoms with Gasteiger partial charge in [0.05, 0.1) is 12.0 Å². The molecule has 8 nitrogen and oxygen atoms in total. The van der Waals surface area contributed by atoms with Crippen LogP contribution in [0.2, 0.25) is 0 Å². The number of nitrogens with zero attached hydrogens (tertiary/aromatic N) is 2. The molecule has 0 spiro atoms. The smallest absolute Gasteiger partial charge is 0.359 e. The third-order valence-corrected chi connectivity index (χ3v) is 4.61. The number of aromatic nitrogens is 1. The number of nitrogens with one attached hydrogen (secondary N) is 2. The lowest BCUT2D eigenvalue weighted by atomic mass is 10.2. The van der Waals surface area contributed by atoms with E-state index in [1.54, 1.807) is 41.8 Å². The first-order chi connectivity index (χ1) is 10.5. The van der Waals surface area contributed by atoms with Crippen LogP contribution >= 0.6 is 33.9 Å².